The van der Waals surface area contributed by atoms with Crippen LogP contribution in [0.2, 0.25) is 5.02 Å². The molecule has 122 valence electrons. The second-order valence-electron chi connectivity index (χ2n) is 4.53. The van der Waals surface area contributed by atoms with Crippen LogP contribution in [0.4, 0.5) is 16.8 Å². The quantitative estimate of drug-likeness (QED) is 0.721. The summed E-state index contributed by atoms with van der Waals surface area (Å²) in [6, 6.07) is 6.69. The fourth-order valence-corrected chi connectivity index (χ4v) is 2.72. The Kier molecular flexibility index (Phi) is 4.88. The maximum Gasteiger partial charge on any atom is 0.275 e. The zero-order chi connectivity index (χ0) is 16.9. The summed E-state index contributed by atoms with van der Waals surface area (Å²) in [6.07, 6.45) is 3.23. The van der Waals surface area contributed by atoms with Gasteiger partial charge in [0.05, 0.1) is 12.8 Å². The van der Waals surface area contributed by atoms with E-state index in [1.54, 1.807) is 42.0 Å². The molecule has 0 spiro atoms. The van der Waals surface area contributed by atoms with Crippen molar-refractivity contribution in [3.05, 3.63) is 52.8 Å². The standard InChI is InChI=1S/C15H12ClN5O2S/c1-23-12-4-3-9(16)7-10(12)19-13(22)11-8-24-15(20-11)21-14-17-5-2-6-18-14/h2-8H,1H3,(H,19,22)(H,17,18,20,21). The van der Waals surface area contributed by atoms with Gasteiger partial charge < -0.3 is 15.4 Å². The summed E-state index contributed by atoms with van der Waals surface area (Å²) in [6.45, 7) is 0. The van der Waals surface area contributed by atoms with Crippen LogP contribution in [-0.2, 0) is 0 Å². The number of amides is 1. The Balaban J connectivity index is 1.73. The zero-order valence-corrected chi connectivity index (χ0v) is 14.1. The summed E-state index contributed by atoms with van der Waals surface area (Å²) in [5, 5.41) is 8.31. The highest BCUT2D eigenvalue weighted by Crippen LogP contribution is 2.28. The molecule has 0 saturated carbocycles. The molecule has 7 nitrogen and oxygen atoms in total. The molecule has 0 aliphatic heterocycles. The molecule has 0 aliphatic carbocycles. The van der Waals surface area contributed by atoms with Gasteiger partial charge in [0, 0.05) is 22.8 Å². The van der Waals surface area contributed by atoms with Crippen LogP contribution >= 0.6 is 22.9 Å². The van der Waals surface area contributed by atoms with Gasteiger partial charge in [0.15, 0.2) is 5.13 Å². The number of carbonyl (C=O) groups is 1. The lowest BCUT2D eigenvalue weighted by Gasteiger charge is -2.09. The van der Waals surface area contributed by atoms with E-state index < -0.39 is 0 Å². The molecule has 0 atom stereocenters. The summed E-state index contributed by atoms with van der Waals surface area (Å²) < 4.78 is 5.20. The number of methoxy groups -OCH3 is 1. The normalized spacial score (nSPS) is 10.2. The molecule has 3 rings (SSSR count). The fraction of sp³-hybridized carbons (Fsp3) is 0.0667. The average Bonchev–Trinajstić information content (AvgIpc) is 3.05. The first kappa shape index (κ1) is 16.2. The molecule has 3 aromatic rings. The molecular weight excluding hydrogens is 350 g/mol. The second-order valence-corrected chi connectivity index (χ2v) is 5.83. The van der Waals surface area contributed by atoms with Gasteiger partial charge in [-0.3, -0.25) is 4.79 Å². The SMILES string of the molecule is COc1ccc(Cl)cc1NC(=O)c1csc(Nc2ncccn2)n1. The van der Waals surface area contributed by atoms with Gasteiger partial charge in [-0.25, -0.2) is 15.0 Å². The Morgan fingerprint density at radius 2 is 2.08 bits per heavy atom. The lowest BCUT2D eigenvalue weighted by atomic mass is 10.3. The Hall–Kier alpha value is -2.71. The van der Waals surface area contributed by atoms with Crippen LogP contribution in [0.5, 0.6) is 5.75 Å². The van der Waals surface area contributed by atoms with Gasteiger partial charge in [-0.15, -0.1) is 11.3 Å². The van der Waals surface area contributed by atoms with Crippen molar-refractivity contribution in [3.63, 3.8) is 0 Å². The summed E-state index contributed by atoms with van der Waals surface area (Å²) >= 11 is 7.23. The second kappa shape index (κ2) is 7.24. The maximum absolute atomic E-state index is 12.3. The van der Waals surface area contributed by atoms with E-state index in [-0.39, 0.29) is 11.6 Å². The summed E-state index contributed by atoms with van der Waals surface area (Å²) in [5.41, 5.74) is 0.740. The van der Waals surface area contributed by atoms with E-state index in [4.69, 9.17) is 16.3 Å². The van der Waals surface area contributed by atoms with Crippen LogP contribution in [0, 0.1) is 0 Å². The molecule has 0 bridgehead atoms. The topological polar surface area (TPSA) is 89.0 Å². The van der Waals surface area contributed by atoms with E-state index in [2.05, 4.69) is 25.6 Å². The Labute approximate surface area is 146 Å². The number of benzene rings is 1. The Morgan fingerprint density at radius 1 is 1.29 bits per heavy atom. The van der Waals surface area contributed by atoms with Crippen LogP contribution < -0.4 is 15.4 Å². The number of nitrogens with one attached hydrogen (secondary N) is 2. The predicted molar refractivity (Wildman–Crippen MR) is 93.4 cm³/mol. The third-order valence-corrected chi connectivity index (χ3v) is 3.92. The van der Waals surface area contributed by atoms with Crippen molar-refractivity contribution in [1.82, 2.24) is 15.0 Å². The number of ether oxygens (including phenoxy) is 1. The van der Waals surface area contributed by atoms with Gasteiger partial charge in [0.1, 0.15) is 11.4 Å². The van der Waals surface area contributed by atoms with Crippen LogP contribution in [0.3, 0.4) is 0 Å². The molecule has 2 aromatic heterocycles. The molecule has 1 aromatic carbocycles. The number of nitrogens with zero attached hydrogens (tertiary/aromatic N) is 3. The summed E-state index contributed by atoms with van der Waals surface area (Å²) in [5.74, 6) is 0.558. The third kappa shape index (κ3) is 3.79. The van der Waals surface area contributed by atoms with E-state index in [9.17, 15) is 4.79 Å². The van der Waals surface area contributed by atoms with Crippen LogP contribution in [0.25, 0.3) is 0 Å². The van der Waals surface area contributed by atoms with Crippen molar-refractivity contribution in [2.75, 3.05) is 17.7 Å². The molecule has 0 saturated heterocycles. The first-order chi connectivity index (χ1) is 11.7. The molecule has 24 heavy (non-hydrogen) atoms. The number of hydrogen-bond acceptors (Lipinski definition) is 7. The van der Waals surface area contributed by atoms with Gasteiger partial charge in [0.2, 0.25) is 5.95 Å². The number of carbonyl (C=O) groups excluding carboxylic acids is 1. The number of aromatic nitrogens is 3. The lowest BCUT2D eigenvalue weighted by molar-refractivity contribution is 0.102. The third-order valence-electron chi connectivity index (χ3n) is 2.93. The van der Waals surface area contributed by atoms with Gasteiger partial charge in [-0.1, -0.05) is 11.6 Å². The monoisotopic (exact) mass is 361 g/mol. The van der Waals surface area contributed by atoms with Gasteiger partial charge in [0.25, 0.3) is 5.91 Å². The Bertz CT molecular complexity index is 856. The predicted octanol–water partition coefficient (Wildman–Crippen LogP) is 3.59. The number of halogens is 1. The van der Waals surface area contributed by atoms with Crippen molar-refractivity contribution >= 4 is 45.6 Å². The minimum absolute atomic E-state index is 0.264. The molecule has 2 heterocycles. The van der Waals surface area contributed by atoms with Crippen molar-refractivity contribution < 1.29 is 9.53 Å². The van der Waals surface area contributed by atoms with Gasteiger partial charge in [-0.05, 0) is 24.3 Å². The number of rotatable bonds is 5. The first-order valence-electron chi connectivity index (χ1n) is 6.80. The van der Waals surface area contributed by atoms with Crippen molar-refractivity contribution in [2.45, 2.75) is 0 Å². The molecule has 2 N–H and O–H groups in total. The van der Waals surface area contributed by atoms with E-state index in [1.807, 2.05) is 0 Å². The van der Waals surface area contributed by atoms with Gasteiger partial charge in [-0.2, -0.15) is 0 Å². The minimum atomic E-state index is -0.367. The fourth-order valence-electron chi connectivity index (χ4n) is 1.86. The largest absolute Gasteiger partial charge is 0.495 e. The first-order valence-corrected chi connectivity index (χ1v) is 8.06. The van der Waals surface area contributed by atoms with E-state index in [0.717, 1.165) is 0 Å². The van der Waals surface area contributed by atoms with Crippen molar-refractivity contribution in [1.29, 1.82) is 0 Å². The molecule has 0 fully saturated rings. The zero-order valence-electron chi connectivity index (χ0n) is 12.5. The Morgan fingerprint density at radius 3 is 2.83 bits per heavy atom. The lowest BCUT2D eigenvalue weighted by Crippen LogP contribution is -2.13. The highest BCUT2D eigenvalue weighted by molar-refractivity contribution is 7.14. The van der Waals surface area contributed by atoms with Crippen LogP contribution in [0.15, 0.2) is 42.0 Å². The number of thiazole rings is 1. The summed E-state index contributed by atoms with van der Waals surface area (Å²) in [7, 11) is 1.52. The van der Waals surface area contributed by atoms with E-state index >= 15 is 0 Å². The van der Waals surface area contributed by atoms with E-state index in [0.29, 0.717) is 27.5 Å². The number of anilines is 3. The maximum atomic E-state index is 12.3. The van der Waals surface area contributed by atoms with Crippen molar-refractivity contribution in [3.8, 4) is 5.75 Å². The molecule has 0 radical (unpaired) electrons. The van der Waals surface area contributed by atoms with Crippen LogP contribution in [-0.4, -0.2) is 28.0 Å². The van der Waals surface area contributed by atoms with E-state index in [1.165, 1.54) is 18.4 Å². The van der Waals surface area contributed by atoms with Crippen LogP contribution in [0.1, 0.15) is 10.5 Å². The van der Waals surface area contributed by atoms with Gasteiger partial charge >= 0.3 is 0 Å². The molecular formula is C15H12ClN5O2S. The smallest absolute Gasteiger partial charge is 0.275 e. The summed E-state index contributed by atoms with van der Waals surface area (Å²) in [4.78, 5) is 24.6. The molecule has 0 unspecified atom stereocenters. The highest BCUT2D eigenvalue weighted by atomic mass is 35.5. The van der Waals surface area contributed by atoms with Crippen molar-refractivity contribution in [2.24, 2.45) is 0 Å². The molecule has 1 amide bonds. The molecule has 9 heteroatoms. The molecule has 0 aliphatic rings. The highest BCUT2D eigenvalue weighted by Gasteiger charge is 2.14. The average molecular weight is 362 g/mol. The number of hydrogen-bond donors (Lipinski definition) is 2. The minimum Gasteiger partial charge on any atom is -0.495 e.